The van der Waals surface area contributed by atoms with Gasteiger partial charge in [-0.1, -0.05) is 0 Å². The normalized spacial score (nSPS) is 24.0. The number of hydrogen-bond acceptors (Lipinski definition) is 2. The first kappa shape index (κ1) is 3.88. The van der Waals surface area contributed by atoms with Crippen LogP contribution >= 0.6 is 23.5 Å². The highest BCUT2D eigenvalue weighted by atomic mass is 32.2. The van der Waals surface area contributed by atoms with Crippen LogP contribution in [0.1, 0.15) is 0 Å². The molecule has 0 amide bonds. The van der Waals surface area contributed by atoms with Crippen molar-refractivity contribution in [3.63, 3.8) is 0 Å². The third-order valence-corrected chi connectivity index (χ3v) is 2.68. The molecule has 0 aromatic carbocycles. The molecule has 1 saturated heterocycles. The van der Waals surface area contributed by atoms with Crippen molar-refractivity contribution >= 4 is 23.5 Å². The SMILES string of the molecule is [CH]1CSCS1. The predicted molar refractivity (Wildman–Crippen MR) is 29.2 cm³/mol. The highest BCUT2D eigenvalue weighted by Crippen LogP contribution is 2.24. The lowest BCUT2D eigenvalue weighted by atomic mass is 11.0. The van der Waals surface area contributed by atoms with Gasteiger partial charge in [-0.3, -0.25) is 0 Å². The van der Waals surface area contributed by atoms with Gasteiger partial charge in [0, 0.05) is 16.6 Å². The minimum Gasteiger partial charge on any atom is -0.150 e. The van der Waals surface area contributed by atoms with E-state index in [0.29, 0.717) is 0 Å². The van der Waals surface area contributed by atoms with E-state index in [0.717, 1.165) is 0 Å². The van der Waals surface area contributed by atoms with Crippen molar-refractivity contribution < 1.29 is 0 Å². The van der Waals surface area contributed by atoms with E-state index in [1.165, 1.54) is 10.8 Å². The molecule has 1 aliphatic heterocycles. The van der Waals surface area contributed by atoms with E-state index in [4.69, 9.17) is 0 Å². The summed E-state index contributed by atoms with van der Waals surface area (Å²) in [5.74, 6) is 3.50. The molecule has 0 aliphatic carbocycles. The Morgan fingerprint density at radius 3 is 2.80 bits per heavy atom. The molecule has 1 fully saturated rings. The Bertz CT molecular complexity index is 16.5. The first-order valence-corrected chi connectivity index (χ1v) is 3.71. The minimum atomic E-state index is 1.25. The molecule has 0 bridgehead atoms. The van der Waals surface area contributed by atoms with E-state index in [1.54, 1.807) is 0 Å². The van der Waals surface area contributed by atoms with Gasteiger partial charge >= 0.3 is 0 Å². The average Bonchev–Trinajstić information content (AvgIpc) is 1.76. The van der Waals surface area contributed by atoms with Crippen LogP contribution in [0, 0.1) is 5.75 Å². The fourth-order valence-electron chi connectivity index (χ4n) is 0.241. The summed E-state index contributed by atoms with van der Waals surface area (Å²) in [6.07, 6.45) is 0. The molecule has 1 aliphatic rings. The van der Waals surface area contributed by atoms with Gasteiger partial charge in [-0.05, 0) is 0 Å². The van der Waals surface area contributed by atoms with Crippen molar-refractivity contribution in [2.75, 3.05) is 10.8 Å². The van der Waals surface area contributed by atoms with Gasteiger partial charge in [-0.2, -0.15) is 0 Å². The van der Waals surface area contributed by atoms with Gasteiger partial charge < -0.3 is 0 Å². The van der Waals surface area contributed by atoms with Gasteiger partial charge in [-0.25, -0.2) is 0 Å². The lowest BCUT2D eigenvalue weighted by molar-refractivity contribution is 1.79. The number of thioether (sulfide) groups is 2. The molecule has 0 spiro atoms. The maximum Gasteiger partial charge on any atom is 0.0396 e. The van der Waals surface area contributed by atoms with Gasteiger partial charge in [0.1, 0.15) is 0 Å². The van der Waals surface area contributed by atoms with Crippen molar-refractivity contribution in [1.29, 1.82) is 0 Å². The molecule has 1 radical (unpaired) electrons. The van der Waals surface area contributed by atoms with Crippen molar-refractivity contribution in [2.24, 2.45) is 0 Å². The summed E-state index contributed by atoms with van der Waals surface area (Å²) in [4.78, 5) is 0. The fourth-order valence-corrected chi connectivity index (χ4v) is 2.17. The third-order valence-electron chi connectivity index (χ3n) is 0.455. The van der Waals surface area contributed by atoms with Crippen LogP contribution in [-0.4, -0.2) is 10.8 Å². The van der Waals surface area contributed by atoms with Crippen LogP contribution in [0.4, 0.5) is 0 Å². The second-order valence-corrected chi connectivity index (χ2v) is 3.17. The van der Waals surface area contributed by atoms with E-state index in [1.807, 2.05) is 23.5 Å². The standard InChI is InChI=1S/C3H5S2/c1-2-5-3-4-1/h1H,2-3H2. The first-order valence-electron chi connectivity index (χ1n) is 1.51. The third kappa shape index (κ3) is 1.05. The van der Waals surface area contributed by atoms with Crippen molar-refractivity contribution in [2.45, 2.75) is 0 Å². The molecule has 0 N–H and O–H groups in total. The van der Waals surface area contributed by atoms with E-state index >= 15 is 0 Å². The van der Waals surface area contributed by atoms with E-state index in [2.05, 4.69) is 5.75 Å². The summed E-state index contributed by atoms with van der Waals surface area (Å²) < 4.78 is 0. The molecular weight excluding hydrogens is 100 g/mol. The molecule has 0 atom stereocenters. The lowest BCUT2D eigenvalue weighted by Crippen LogP contribution is -1.54. The summed E-state index contributed by atoms with van der Waals surface area (Å²) in [6, 6.07) is 0. The molecule has 0 unspecified atom stereocenters. The Balaban J connectivity index is 2.08. The highest BCUT2D eigenvalue weighted by molar-refractivity contribution is 8.20. The molecule has 29 valence electrons. The van der Waals surface area contributed by atoms with Crippen LogP contribution < -0.4 is 0 Å². The Kier molecular flexibility index (Phi) is 1.53. The highest BCUT2D eigenvalue weighted by Gasteiger charge is 1.96. The van der Waals surface area contributed by atoms with Crippen LogP contribution in [0.3, 0.4) is 0 Å². The molecule has 1 rings (SSSR count). The molecule has 0 saturated carbocycles. The zero-order valence-corrected chi connectivity index (χ0v) is 4.44. The van der Waals surface area contributed by atoms with Crippen molar-refractivity contribution in [3.8, 4) is 0 Å². The second kappa shape index (κ2) is 1.98. The number of hydrogen-bond donors (Lipinski definition) is 0. The molecule has 0 aromatic heterocycles. The maximum atomic E-state index is 2.24. The molecule has 0 aromatic rings. The Hall–Kier alpha value is 0.700. The summed E-state index contributed by atoms with van der Waals surface area (Å²) in [5.41, 5.74) is 0. The van der Waals surface area contributed by atoms with Crippen molar-refractivity contribution in [3.05, 3.63) is 5.75 Å². The molecule has 5 heavy (non-hydrogen) atoms. The molecule has 2 heteroatoms. The molecular formula is C3H5S2. The maximum absolute atomic E-state index is 2.24. The summed E-state index contributed by atoms with van der Waals surface area (Å²) in [6.45, 7) is 0. The first-order chi connectivity index (χ1) is 2.50. The van der Waals surface area contributed by atoms with Gasteiger partial charge in [0.05, 0.1) is 0 Å². The van der Waals surface area contributed by atoms with Crippen LogP contribution in [-0.2, 0) is 0 Å². The van der Waals surface area contributed by atoms with Gasteiger partial charge in [-0.15, -0.1) is 23.5 Å². The van der Waals surface area contributed by atoms with Gasteiger partial charge in [0.25, 0.3) is 0 Å². The van der Waals surface area contributed by atoms with E-state index < -0.39 is 0 Å². The van der Waals surface area contributed by atoms with Crippen LogP contribution in [0.25, 0.3) is 0 Å². The fraction of sp³-hybridized carbons (Fsp3) is 0.667. The number of rotatable bonds is 0. The predicted octanol–water partition coefficient (Wildman–Crippen LogP) is 1.59. The largest absolute Gasteiger partial charge is 0.150 e. The lowest BCUT2D eigenvalue weighted by Gasteiger charge is -1.68. The zero-order chi connectivity index (χ0) is 3.54. The topological polar surface area (TPSA) is 0 Å². The monoisotopic (exact) mass is 105 g/mol. The van der Waals surface area contributed by atoms with Crippen LogP contribution in [0.15, 0.2) is 0 Å². The second-order valence-electron chi connectivity index (χ2n) is 0.822. The molecule has 1 heterocycles. The Labute approximate surface area is 40.7 Å². The summed E-state index contributed by atoms with van der Waals surface area (Å²) >= 11 is 3.89. The summed E-state index contributed by atoms with van der Waals surface area (Å²) in [5, 5.41) is 1.28. The molecule has 0 nitrogen and oxygen atoms in total. The van der Waals surface area contributed by atoms with E-state index in [-0.39, 0.29) is 0 Å². The average molecular weight is 105 g/mol. The Morgan fingerprint density at radius 2 is 2.60 bits per heavy atom. The van der Waals surface area contributed by atoms with Gasteiger partial charge in [0.15, 0.2) is 0 Å². The Morgan fingerprint density at radius 1 is 1.60 bits per heavy atom. The van der Waals surface area contributed by atoms with Crippen molar-refractivity contribution in [1.82, 2.24) is 0 Å². The smallest absolute Gasteiger partial charge is 0.0396 e. The van der Waals surface area contributed by atoms with Crippen LogP contribution in [0.2, 0.25) is 0 Å². The summed E-state index contributed by atoms with van der Waals surface area (Å²) in [7, 11) is 0. The van der Waals surface area contributed by atoms with E-state index in [9.17, 15) is 0 Å². The quantitative estimate of drug-likeness (QED) is 0.459. The van der Waals surface area contributed by atoms with Gasteiger partial charge in [0.2, 0.25) is 0 Å². The zero-order valence-electron chi connectivity index (χ0n) is 2.81. The minimum absolute atomic E-state index is 1.25. The van der Waals surface area contributed by atoms with Crippen LogP contribution in [0.5, 0.6) is 0 Å².